The molecule has 1 aliphatic rings. The smallest absolute Gasteiger partial charge is 0.0897 e. The van der Waals surface area contributed by atoms with Gasteiger partial charge in [0.15, 0.2) is 0 Å². The van der Waals surface area contributed by atoms with E-state index in [2.05, 4.69) is 19.2 Å². The number of thioether (sulfide) groups is 1. The van der Waals surface area contributed by atoms with Gasteiger partial charge in [0.1, 0.15) is 0 Å². The molecular weight excluding hydrogens is 222 g/mol. The van der Waals surface area contributed by atoms with Gasteiger partial charge < -0.3 is 15.2 Å². The SMILES string of the molecule is CC(C)COCC(O)CNCC1CCCS1. The Balaban J connectivity index is 1.91. The number of aliphatic hydroxyl groups is 1. The fourth-order valence-corrected chi connectivity index (χ4v) is 2.95. The maximum atomic E-state index is 9.64. The van der Waals surface area contributed by atoms with E-state index in [9.17, 15) is 5.11 Å². The number of aliphatic hydroxyl groups excluding tert-OH is 1. The van der Waals surface area contributed by atoms with E-state index in [4.69, 9.17) is 4.74 Å². The van der Waals surface area contributed by atoms with E-state index in [1.165, 1.54) is 18.6 Å². The van der Waals surface area contributed by atoms with Gasteiger partial charge >= 0.3 is 0 Å². The van der Waals surface area contributed by atoms with E-state index in [1.807, 2.05) is 11.8 Å². The van der Waals surface area contributed by atoms with E-state index in [0.717, 1.165) is 18.4 Å². The Morgan fingerprint density at radius 3 is 2.88 bits per heavy atom. The monoisotopic (exact) mass is 247 g/mol. The van der Waals surface area contributed by atoms with Crippen molar-refractivity contribution in [1.82, 2.24) is 5.32 Å². The molecule has 0 aliphatic carbocycles. The first-order chi connectivity index (χ1) is 7.68. The molecular formula is C12H25NO2S. The summed E-state index contributed by atoms with van der Waals surface area (Å²) < 4.78 is 5.38. The highest BCUT2D eigenvalue weighted by atomic mass is 32.2. The maximum absolute atomic E-state index is 9.64. The summed E-state index contributed by atoms with van der Waals surface area (Å²) in [5.41, 5.74) is 0. The van der Waals surface area contributed by atoms with Gasteiger partial charge in [0, 0.05) is 24.9 Å². The molecule has 0 amide bonds. The van der Waals surface area contributed by atoms with Gasteiger partial charge in [-0.05, 0) is 24.5 Å². The minimum absolute atomic E-state index is 0.370. The molecule has 0 saturated carbocycles. The van der Waals surface area contributed by atoms with E-state index in [1.54, 1.807) is 0 Å². The van der Waals surface area contributed by atoms with Crippen LogP contribution in [0.15, 0.2) is 0 Å². The van der Waals surface area contributed by atoms with Crippen molar-refractivity contribution in [1.29, 1.82) is 0 Å². The molecule has 0 radical (unpaired) electrons. The topological polar surface area (TPSA) is 41.5 Å². The Labute approximate surface area is 103 Å². The van der Waals surface area contributed by atoms with E-state index >= 15 is 0 Å². The van der Waals surface area contributed by atoms with Crippen molar-refractivity contribution >= 4 is 11.8 Å². The van der Waals surface area contributed by atoms with Gasteiger partial charge in [0.25, 0.3) is 0 Å². The first kappa shape index (κ1) is 14.3. The van der Waals surface area contributed by atoms with E-state index in [0.29, 0.717) is 19.1 Å². The van der Waals surface area contributed by atoms with Crippen LogP contribution in [0.3, 0.4) is 0 Å². The predicted molar refractivity (Wildman–Crippen MR) is 70.0 cm³/mol. The predicted octanol–water partition coefficient (Wildman–Crippen LogP) is 1.51. The van der Waals surface area contributed by atoms with Gasteiger partial charge in [-0.3, -0.25) is 0 Å². The van der Waals surface area contributed by atoms with Gasteiger partial charge in [-0.15, -0.1) is 0 Å². The Kier molecular flexibility index (Phi) is 7.45. The Morgan fingerprint density at radius 2 is 2.25 bits per heavy atom. The lowest BCUT2D eigenvalue weighted by molar-refractivity contribution is 0.0263. The average Bonchev–Trinajstić information content (AvgIpc) is 2.70. The van der Waals surface area contributed by atoms with Crippen molar-refractivity contribution in [2.75, 3.05) is 32.1 Å². The molecule has 0 aromatic carbocycles. The molecule has 2 atom stereocenters. The second-order valence-corrected chi connectivity index (χ2v) is 6.29. The average molecular weight is 247 g/mol. The molecule has 16 heavy (non-hydrogen) atoms. The molecule has 3 nitrogen and oxygen atoms in total. The van der Waals surface area contributed by atoms with Crippen LogP contribution in [0.2, 0.25) is 0 Å². The normalized spacial score (nSPS) is 22.9. The molecule has 1 heterocycles. The van der Waals surface area contributed by atoms with Crippen LogP contribution in [-0.4, -0.2) is 48.5 Å². The van der Waals surface area contributed by atoms with Gasteiger partial charge in [-0.25, -0.2) is 0 Å². The molecule has 1 rings (SSSR count). The molecule has 0 aromatic rings. The molecule has 1 aliphatic heterocycles. The summed E-state index contributed by atoms with van der Waals surface area (Å²) in [6.07, 6.45) is 2.29. The number of ether oxygens (including phenoxy) is 1. The van der Waals surface area contributed by atoms with E-state index in [-0.39, 0.29) is 6.10 Å². The quantitative estimate of drug-likeness (QED) is 0.682. The lowest BCUT2D eigenvalue weighted by Crippen LogP contribution is -2.34. The van der Waals surface area contributed by atoms with E-state index < -0.39 is 0 Å². The lowest BCUT2D eigenvalue weighted by Gasteiger charge is -2.15. The van der Waals surface area contributed by atoms with Crippen molar-refractivity contribution in [2.24, 2.45) is 5.92 Å². The molecule has 2 unspecified atom stereocenters. The number of hydrogen-bond donors (Lipinski definition) is 2. The largest absolute Gasteiger partial charge is 0.389 e. The summed E-state index contributed by atoms with van der Waals surface area (Å²) in [6, 6.07) is 0. The van der Waals surface area contributed by atoms with Crippen molar-refractivity contribution in [3.05, 3.63) is 0 Å². The minimum Gasteiger partial charge on any atom is -0.389 e. The molecule has 0 spiro atoms. The standard InChI is InChI=1S/C12H25NO2S/c1-10(2)8-15-9-11(14)6-13-7-12-4-3-5-16-12/h10-14H,3-9H2,1-2H3. The van der Waals surface area contributed by atoms with Crippen LogP contribution in [0.4, 0.5) is 0 Å². The summed E-state index contributed by atoms with van der Waals surface area (Å²) in [5.74, 6) is 1.84. The van der Waals surface area contributed by atoms with Crippen molar-refractivity contribution in [2.45, 2.75) is 38.0 Å². The molecule has 0 aromatic heterocycles. The third kappa shape index (κ3) is 6.74. The Hall–Kier alpha value is 0.230. The summed E-state index contributed by atoms with van der Waals surface area (Å²) in [6.45, 7) is 7.07. The van der Waals surface area contributed by atoms with Crippen LogP contribution >= 0.6 is 11.8 Å². The fraction of sp³-hybridized carbons (Fsp3) is 1.00. The third-order valence-corrected chi connectivity index (χ3v) is 3.94. The third-order valence-electron chi connectivity index (χ3n) is 2.54. The molecule has 96 valence electrons. The van der Waals surface area contributed by atoms with Crippen LogP contribution < -0.4 is 5.32 Å². The highest BCUT2D eigenvalue weighted by Crippen LogP contribution is 2.25. The number of rotatable bonds is 8. The first-order valence-electron chi connectivity index (χ1n) is 6.26. The highest BCUT2D eigenvalue weighted by molar-refractivity contribution is 8.00. The molecule has 1 saturated heterocycles. The highest BCUT2D eigenvalue weighted by Gasteiger charge is 2.15. The summed E-state index contributed by atoms with van der Waals surface area (Å²) in [5, 5.41) is 13.7. The lowest BCUT2D eigenvalue weighted by atomic mass is 10.2. The molecule has 4 heteroatoms. The van der Waals surface area contributed by atoms with Crippen LogP contribution in [0.25, 0.3) is 0 Å². The zero-order valence-corrected chi connectivity index (χ0v) is 11.3. The molecule has 0 bridgehead atoms. The van der Waals surface area contributed by atoms with Crippen LogP contribution in [0, 0.1) is 5.92 Å². The van der Waals surface area contributed by atoms with Crippen molar-refractivity contribution < 1.29 is 9.84 Å². The second kappa shape index (κ2) is 8.34. The van der Waals surface area contributed by atoms with Crippen molar-refractivity contribution in [3.8, 4) is 0 Å². The van der Waals surface area contributed by atoms with Crippen molar-refractivity contribution in [3.63, 3.8) is 0 Å². The van der Waals surface area contributed by atoms with Crippen LogP contribution in [-0.2, 0) is 4.74 Å². The summed E-state index contributed by atoms with van der Waals surface area (Å²) in [4.78, 5) is 0. The summed E-state index contributed by atoms with van der Waals surface area (Å²) in [7, 11) is 0. The van der Waals surface area contributed by atoms with Gasteiger partial charge in [0.2, 0.25) is 0 Å². The van der Waals surface area contributed by atoms with Crippen LogP contribution in [0.1, 0.15) is 26.7 Å². The number of hydrogen-bond acceptors (Lipinski definition) is 4. The maximum Gasteiger partial charge on any atom is 0.0897 e. The summed E-state index contributed by atoms with van der Waals surface area (Å²) >= 11 is 2.04. The van der Waals surface area contributed by atoms with Crippen LogP contribution in [0.5, 0.6) is 0 Å². The molecule has 2 N–H and O–H groups in total. The van der Waals surface area contributed by atoms with Gasteiger partial charge in [-0.1, -0.05) is 13.8 Å². The molecule has 1 fully saturated rings. The zero-order valence-electron chi connectivity index (χ0n) is 10.4. The second-order valence-electron chi connectivity index (χ2n) is 4.88. The first-order valence-corrected chi connectivity index (χ1v) is 7.31. The Bertz CT molecular complexity index is 172. The number of nitrogens with one attached hydrogen (secondary N) is 1. The minimum atomic E-state index is -0.370. The van der Waals surface area contributed by atoms with Gasteiger partial charge in [-0.2, -0.15) is 11.8 Å². The Morgan fingerprint density at radius 1 is 1.44 bits per heavy atom. The zero-order chi connectivity index (χ0) is 11.8. The fourth-order valence-electron chi connectivity index (χ4n) is 1.71. The van der Waals surface area contributed by atoms with Gasteiger partial charge in [0.05, 0.1) is 12.7 Å².